The third-order valence-corrected chi connectivity index (χ3v) is 3.77. The van der Waals surface area contributed by atoms with Crippen molar-refractivity contribution in [3.63, 3.8) is 0 Å². The third kappa shape index (κ3) is 3.97. The van der Waals surface area contributed by atoms with Gasteiger partial charge in [-0.15, -0.1) is 0 Å². The van der Waals surface area contributed by atoms with E-state index in [1.165, 1.54) is 16.7 Å². The second-order valence-corrected chi connectivity index (χ2v) is 6.07. The van der Waals surface area contributed by atoms with Gasteiger partial charge >= 0.3 is 0 Å². The molecule has 0 radical (unpaired) electrons. The number of benzene rings is 1. The summed E-state index contributed by atoms with van der Waals surface area (Å²) in [5, 5.41) is 6.78. The predicted octanol–water partition coefficient (Wildman–Crippen LogP) is 4.66. The molecule has 0 saturated heterocycles. The summed E-state index contributed by atoms with van der Waals surface area (Å²) in [6, 6.07) is 6.71. The van der Waals surface area contributed by atoms with Crippen molar-refractivity contribution in [3.05, 3.63) is 40.6 Å². The highest BCUT2D eigenvalue weighted by atomic mass is 15.1. The maximum atomic E-state index is 4.59. The fourth-order valence-corrected chi connectivity index (χ4v) is 2.54. The van der Waals surface area contributed by atoms with E-state index in [4.69, 9.17) is 0 Å². The van der Waals surface area contributed by atoms with Crippen molar-refractivity contribution in [1.29, 1.82) is 0 Å². The molecule has 118 valence electrons. The molecule has 0 aliphatic heterocycles. The molecule has 0 aliphatic carbocycles. The normalized spacial score (nSPS) is 12.1. The minimum atomic E-state index is 0.394. The second-order valence-electron chi connectivity index (χ2n) is 6.07. The topological polar surface area (TPSA) is 49.8 Å². The zero-order chi connectivity index (χ0) is 16.3. The first-order valence-corrected chi connectivity index (χ1v) is 7.86. The second kappa shape index (κ2) is 6.77. The molecule has 4 heteroatoms. The Labute approximate surface area is 133 Å². The molecular weight excluding hydrogens is 272 g/mol. The van der Waals surface area contributed by atoms with Crippen LogP contribution in [-0.4, -0.2) is 16.0 Å². The molecule has 4 nitrogen and oxygen atoms in total. The summed E-state index contributed by atoms with van der Waals surface area (Å²) in [5.41, 5.74) is 5.72. The first-order chi connectivity index (χ1) is 10.4. The van der Waals surface area contributed by atoms with E-state index in [0.717, 1.165) is 23.6 Å². The Balaban J connectivity index is 2.30. The lowest BCUT2D eigenvalue weighted by molar-refractivity contribution is 0.758. The minimum Gasteiger partial charge on any atom is -0.367 e. The Morgan fingerprint density at radius 2 is 1.64 bits per heavy atom. The van der Waals surface area contributed by atoms with Gasteiger partial charge in [0.1, 0.15) is 5.82 Å². The summed E-state index contributed by atoms with van der Waals surface area (Å²) in [4.78, 5) is 9.09. The van der Waals surface area contributed by atoms with E-state index in [2.05, 4.69) is 67.4 Å². The molecule has 2 aromatic rings. The average Bonchev–Trinajstić information content (AvgIpc) is 2.42. The highest BCUT2D eigenvalue weighted by molar-refractivity contribution is 5.64. The summed E-state index contributed by atoms with van der Waals surface area (Å²) >= 11 is 0. The van der Waals surface area contributed by atoms with Crippen molar-refractivity contribution in [2.45, 2.75) is 54.0 Å². The molecule has 0 aliphatic rings. The van der Waals surface area contributed by atoms with E-state index in [1.807, 2.05) is 13.0 Å². The van der Waals surface area contributed by atoms with Gasteiger partial charge in [0, 0.05) is 23.5 Å². The molecule has 0 spiro atoms. The van der Waals surface area contributed by atoms with E-state index in [1.54, 1.807) is 0 Å². The summed E-state index contributed by atoms with van der Waals surface area (Å²) in [5.74, 6) is 1.51. The molecule has 1 unspecified atom stereocenters. The van der Waals surface area contributed by atoms with Gasteiger partial charge in [0.25, 0.3) is 0 Å². The van der Waals surface area contributed by atoms with Gasteiger partial charge in [0.15, 0.2) is 0 Å². The standard InChI is InChI=1S/C18H26N4/c1-7-14(5)19-16-10-15(6)20-18(21-16)22-17-12(3)8-11(2)9-13(17)4/h8-10,14H,7H2,1-6H3,(H2,19,20,21,22). The van der Waals surface area contributed by atoms with E-state index in [0.29, 0.717) is 12.0 Å². The van der Waals surface area contributed by atoms with Crippen LogP contribution < -0.4 is 10.6 Å². The van der Waals surface area contributed by atoms with Crippen LogP contribution in [0.4, 0.5) is 17.5 Å². The van der Waals surface area contributed by atoms with Gasteiger partial charge in [-0.05, 0) is 52.2 Å². The molecule has 22 heavy (non-hydrogen) atoms. The van der Waals surface area contributed by atoms with Gasteiger partial charge in [-0.25, -0.2) is 4.98 Å². The fraction of sp³-hybridized carbons (Fsp3) is 0.444. The molecule has 1 atom stereocenters. The van der Waals surface area contributed by atoms with Gasteiger partial charge in [0.2, 0.25) is 5.95 Å². The maximum Gasteiger partial charge on any atom is 0.229 e. The van der Waals surface area contributed by atoms with E-state index in [-0.39, 0.29) is 0 Å². The predicted molar refractivity (Wildman–Crippen MR) is 94.1 cm³/mol. The van der Waals surface area contributed by atoms with Crippen LogP contribution in [0.15, 0.2) is 18.2 Å². The Kier molecular flexibility index (Phi) is 5.01. The molecule has 2 N–H and O–H groups in total. The maximum absolute atomic E-state index is 4.59. The quantitative estimate of drug-likeness (QED) is 0.842. The van der Waals surface area contributed by atoms with Crippen LogP contribution >= 0.6 is 0 Å². The zero-order valence-electron chi connectivity index (χ0n) is 14.4. The van der Waals surface area contributed by atoms with Crippen LogP contribution in [0.1, 0.15) is 42.7 Å². The van der Waals surface area contributed by atoms with E-state index in [9.17, 15) is 0 Å². The molecular formula is C18H26N4. The van der Waals surface area contributed by atoms with Crippen molar-refractivity contribution in [2.75, 3.05) is 10.6 Å². The zero-order valence-corrected chi connectivity index (χ0v) is 14.4. The van der Waals surface area contributed by atoms with Crippen molar-refractivity contribution >= 4 is 17.5 Å². The number of rotatable bonds is 5. The molecule has 1 aromatic heterocycles. The Morgan fingerprint density at radius 3 is 2.23 bits per heavy atom. The van der Waals surface area contributed by atoms with Gasteiger partial charge in [-0.3, -0.25) is 0 Å². The summed E-state index contributed by atoms with van der Waals surface area (Å²) < 4.78 is 0. The molecule has 2 rings (SSSR count). The van der Waals surface area contributed by atoms with E-state index < -0.39 is 0 Å². The first-order valence-electron chi connectivity index (χ1n) is 7.86. The van der Waals surface area contributed by atoms with Crippen molar-refractivity contribution < 1.29 is 0 Å². The minimum absolute atomic E-state index is 0.394. The molecule has 0 amide bonds. The van der Waals surface area contributed by atoms with Crippen molar-refractivity contribution in [1.82, 2.24) is 9.97 Å². The number of hydrogen-bond acceptors (Lipinski definition) is 4. The number of anilines is 3. The lowest BCUT2D eigenvalue weighted by Gasteiger charge is -2.16. The number of nitrogens with one attached hydrogen (secondary N) is 2. The molecule has 1 heterocycles. The number of aromatic nitrogens is 2. The molecule has 1 aromatic carbocycles. The number of nitrogens with zero attached hydrogens (tertiary/aromatic N) is 2. The monoisotopic (exact) mass is 298 g/mol. The lowest BCUT2D eigenvalue weighted by Crippen LogP contribution is -2.15. The Bertz CT molecular complexity index is 641. The molecule has 0 saturated carbocycles. The largest absolute Gasteiger partial charge is 0.367 e. The summed E-state index contributed by atoms with van der Waals surface area (Å²) in [7, 11) is 0. The van der Waals surface area contributed by atoms with Crippen molar-refractivity contribution in [3.8, 4) is 0 Å². The number of aryl methyl sites for hydroxylation is 4. The van der Waals surface area contributed by atoms with Crippen LogP contribution in [0, 0.1) is 27.7 Å². The first kappa shape index (κ1) is 16.3. The highest BCUT2D eigenvalue weighted by Crippen LogP contribution is 2.25. The summed E-state index contributed by atoms with van der Waals surface area (Å²) in [6.45, 7) is 12.6. The van der Waals surface area contributed by atoms with Gasteiger partial charge in [0.05, 0.1) is 0 Å². The van der Waals surface area contributed by atoms with Crippen LogP contribution in [0.5, 0.6) is 0 Å². The lowest BCUT2D eigenvalue weighted by atomic mass is 10.1. The van der Waals surface area contributed by atoms with Crippen LogP contribution in [0.25, 0.3) is 0 Å². The summed E-state index contributed by atoms with van der Waals surface area (Å²) in [6.07, 6.45) is 1.06. The smallest absolute Gasteiger partial charge is 0.229 e. The van der Waals surface area contributed by atoms with Crippen LogP contribution in [0.3, 0.4) is 0 Å². The third-order valence-electron chi connectivity index (χ3n) is 3.77. The van der Waals surface area contributed by atoms with Crippen LogP contribution in [0.2, 0.25) is 0 Å². The Hall–Kier alpha value is -2.10. The highest BCUT2D eigenvalue weighted by Gasteiger charge is 2.08. The van der Waals surface area contributed by atoms with Gasteiger partial charge < -0.3 is 10.6 Å². The fourth-order valence-electron chi connectivity index (χ4n) is 2.54. The number of hydrogen-bond donors (Lipinski definition) is 2. The van der Waals surface area contributed by atoms with Crippen LogP contribution in [-0.2, 0) is 0 Å². The van der Waals surface area contributed by atoms with E-state index >= 15 is 0 Å². The molecule has 0 fully saturated rings. The SMILES string of the molecule is CCC(C)Nc1cc(C)nc(Nc2c(C)cc(C)cc2C)n1. The van der Waals surface area contributed by atoms with Crippen molar-refractivity contribution in [2.24, 2.45) is 0 Å². The average molecular weight is 298 g/mol. The Morgan fingerprint density at radius 1 is 1.00 bits per heavy atom. The van der Waals surface area contributed by atoms with Gasteiger partial charge in [-0.2, -0.15) is 4.98 Å². The van der Waals surface area contributed by atoms with Gasteiger partial charge in [-0.1, -0.05) is 24.6 Å². The molecule has 0 bridgehead atoms.